The van der Waals surface area contributed by atoms with Gasteiger partial charge in [-0.05, 0) is 47.2 Å². The van der Waals surface area contributed by atoms with Gasteiger partial charge < -0.3 is 5.32 Å². The fourth-order valence-electron chi connectivity index (χ4n) is 1.18. The molecule has 0 saturated heterocycles. The lowest BCUT2D eigenvalue weighted by Gasteiger charge is -2.10. The molecular weight excluding hydrogens is 407 g/mol. The van der Waals surface area contributed by atoms with Gasteiger partial charge in [-0.2, -0.15) is 15.8 Å². The molecule has 4 nitrogen and oxygen atoms in total. The van der Waals surface area contributed by atoms with E-state index in [9.17, 15) is 0 Å². The Morgan fingerprint density at radius 1 is 1.22 bits per heavy atom. The lowest BCUT2D eigenvalue weighted by atomic mass is 10.2. The summed E-state index contributed by atoms with van der Waals surface area (Å²) in [5, 5.41) is 29.2. The van der Waals surface area contributed by atoms with Crippen LogP contribution in [-0.2, 0) is 0 Å². The molecule has 1 rings (SSSR count). The monoisotopic (exact) mass is 412 g/mol. The largest absolute Gasteiger partial charge is 0.344 e. The fraction of sp³-hybridized carbons (Fsp3) is 0.0833. The maximum absolute atomic E-state index is 8.95. The molecule has 0 amide bonds. The van der Waals surface area contributed by atoms with E-state index in [4.69, 9.17) is 15.8 Å². The van der Waals surface area contributed by atoms with E-state index in [-0.39, 0.29) is 11.3 Å². The molecule has 88 valence electrons. The van der Waals surface area contributed by atoms with Crippen molar-refractivity contribution in [1.82, 2.24) is 0 Å². The van der Waals surface area contributed by atoms with E-state index in [1.165, 1.54) is 0 Å². The van der Waals surface area contributed by atoms with Crippen molar-refractivity contribution < 1.29 is 0 Å². The third-order valence-corrected chi connectivity index (χ3v) is 4.41. The molecule has 0 radical (unpaired) electrons. The second kappa shape index (κ2) is 6.39. The van der Waals surface area contributed by atoms with Crippen LogP contribution in [0.3, 0.4) is 0 Å². The lowest BCUT2D eigenvalue weighted by molar-refractivity contribution is 1.33. The summed E-state index contributed by atoms with van der Waals surface area (Å²) in [5.41, 5.74) is 1.44. The van der Waals surface area contributed by atoms with Crippen molar-refractivity contribution in [3.63, 3.8) is 0 Å². The van der Waals surface area contributed by atoms with Gasteiger partial charge >= 0.3 is 0 Å². The van der Waals surface area contributed by atoms with Crippen LogP contribution >= 0.6 is 38.5 Å². The van der Waals surface area contributed by atoms with Crippen molar-refractivity contribution >= 4 is 44.2 Å². The van der Waals surface area contributed by atoms with Crippen molar-refractivity contribution in [2.75, 3.05) is 5.32 Å². The summed E-state index contributed by atoms with van der Waals surface area (Å²) in [7, 11) is 0. The minimum atomic E-state index is -0.228. The number of nitrogens with one attached hydrogen (secondary N) is 1. The second-order valence-electron chi connectivity index (χ2n) is 3.24. The number of benzene rings is 1. The average Bonchev–Trinajstić information content (AvgIpc) is 2.38. The fourth-order valence-corrected chi connectivity index (χ4v) is 2.48. The van der Waals surface area contributed by atoms with Gasteiger partial charge in [-0.1, -0.05) is 15.9 Å². The molecule has 0 fully saturated rings. The Labute approximate surface area is 127 Å². The average molecular weight is 413 g/mol. The van der Waals surface area contributed by atoms with Crippen LogP contribution in [0.15, 0.2) is 27.9 Å². The Morgan fingerprint density at radius 2 is 1.83 bits per heavy atom. The minimum absolute atomic E-state index is 0.0420. The topological polar surface area (TPSA) is 83.4 Å². The highest BCUT2D eigenvalue weighted by atomic mass is 127. The van der Waals surface area contributed by atoms with Crippen LogP contribution in [0.1, 0.15) is 5.56 Å². The van der Waals surface area contributed by atoms with E-state index in [1.54, 1.807) is 18.2 Å². The predicted octanol–water partition coefficient (Wildman–Crippen LogP) is 3.60. The van der Waals surface area contributed by atoms with Gasteiger partial charge in [0.2, 0.25) is 0 Å². The number of halogens is 2. The highest BCUT2D eigenvalue weighted by Crippen LogP contribution is 2.29. The Balaban J connectivity index is 3.26. The Bertz CT molecular complexity index is 628. The lowest BCUT2D eigenvalue weighted by Crippen LogP contribution is -2.03. The normalized spacial score (nSPS) is 8.67. The molecule has 0 aliphatic carbocycles. The van der Waals surface area contributed by atoms with E-state index in [0.29, 0.717) is 5.69 Å². The summed E-state index contributed by atoms with van der Waals surface area (Å²) < 4.78 is 1.88. The number of hydrogen-bond acceptors (Lipinski definition) is 4. The van der Waals surface area contributed by atoms with Crippen molar-refractivity contribution in [2.24, 2.45) is 0 Å². The first-order chi connectivity index (χ1) is 8.54. The zero-order valence-electron chi connectivity index (χ0n) is 9.25. The zero-order chi connectivity index (χ0) is 13.7. The maximum Gasteiger partial charge on any atom is 0.163 e. The summed E-state index contributed by atoms with van der Waals surface area (Å²) in [5.74, 6) is 0. The van der Waals surface area contributed by atoms with Gasteiger partial charge in [0.05, 0.1) is 5.69 Å². The van der Waals surface area contributed by atoms with Gasteiger partial charge in [0.1, 0.15) is 23.9 Å². The summed E-state index contributed by atoms with van der Waals surface area (Å²) >= 11 is 5.54. The first-order valence-corrected chi connectivity index (χ1v) is 6.58. The quantitative estimate of drug-likeness (QED) is 0.594. The Hall–Kier alpha value is -1.56. The SMILES string of the molecule is Cc1c(Br)ccc(NC(C#N)=C(C#N)C#N)c1I. The number of nitrogens with zero attached hydrogens (tertiary/aromatic N) is 3. The van der Waals surface area contributed by atoms with Crippen LogP contribution in [0.25, 0.3) is 0 Å². The zero-order valence-corrected chi connectivity index (χ0v) is 13.0. The first-order valence-electron chi connectivity index (χ1n) is 4.71. The molecule has 0 saturated carbocycles. The molecule has 1 aromatic carbocycles. The number of anilines is 1. The smallest absolute Gasteiger partial charge is 0.163 e. The Kier molecular flexibility index (Phi) is 5.15. The van der Waals surface area contributed by atoms with Crippen molar-refractivity contribution in [1.29, 1.82) is 15.8 Å². The minimum Gasteiger partial charge on any atom is -0.344 e. The van der Waals surface area contributed by atoms with Gasteiger partial charge in [-0.25, -0.2) is 0 Å². The van der Waals surface area contributed by atoms with Gasteiger partial charge in [0.25, 0.3) is 0 Å². The van der Waals surface area contributed by atoms with E-state index in [0.717, 1.165) is 13.6 Å². The standard InChI is InChI=1S/C12H6BrIN4/c1-7-9(13)2-3-10(12(7)14)18-11(6-17)8(4-15)5-16/h2-3,18H,1H3. The van der Waals surface area contributed by atoms with Crippen LogP contribution < -0.4 is 5.32 Å². The number of rotatable bonds is 2. The first kappa shape index (κ1) is 14.5. The molecule has 0 aliphatic rings. The molecular formula is C12H6BrIN4. The Morgan fingerprint density at radius 3 is 2.33 bits per heavy atom. The van der Waals surface area contributed by atoms with E-state index >= 15 is 0 Å². The number of hydrogen-bond donors (Lipinski definition) is 1. The van der Waals surface area contributed by atoms with Crippen LogP contribution in [0, 0.1) is 44.5 Å². The van der Waals surface area contributed by atoms with Crippen molar-refractivity contribution in [3.05, 3.63) is 37.0 Å². The highest BCUT2D eigenvalue weighted by molar-refractivity contribution is 14.1. The molecule has 0 aliphatic heterocycles. The molecule has 18 heavy (non-hydrogen) atoms. The summed E-state index contributed by atoms with van der Waals surface area (Å²) in [6, 6.07) is 8.82. The maximum atomic E-state index is 8.95. The molecule has 0 atom stereocenters. The molecule has 1 N–H and O–H groups in total. The number of allylic oxidation sites excluding steroid dienone is 2. The molecule has 6 heteroatoms. The van der Waals surface area contributed by atoms with E-state index in [1.807, 2.05) is 19.1 Å². The van der Waals surface area contributed by atoms with Gasteiger partial charge in [-0.15, -0.1) is 0 Å². The molecule has 0 unspecified atom stereocenters. The van der Waals surface area contributed by atoms with Gasteiger partial charge in [-0.3, -0.25) is 0 Å². The van der Waals surface area contributed by atoms with Crippen LogP contribution in [-0.4, -0.2) is 0 Å². The summed E-state index contributed by atoms with van der Waals surface area (Å²) in [6.07, 6.45) is 0. The summed E-state index contributed by atoms with van der Waals surface area (Å²) in [4.78, 5) is 0. The highest BCUT2D eigenvalue weighted by Gasteiger charge is 2.10. The van der Waals surface area contributed by atoms with Crippen LogP contribution in [0.4, 0.5) is 5.69 Å². The third-order valence-electron chi connectivity index (χ3n) is 2.17. The molecule has 1 aromatic rings. The number of nitriles is 3. The predicted molar refractivity (Wildman–Crippen MR) is 79.1 cm³/mol. The van der Waals surface area contributed by atoms with Gasteiger partial charge in [0.15, 0.2) is 5.57 Å². The summed E-state index contributed by atoms with van der Waals surface area (Å²) in [6.45, 7) is 1.93. The van der Waals surface area contributed by atoms with Crippen LogP contribution in [0.2, 0.25) is 0 Å². The van der Waals surface area contributed by atoms with Crippen molar-refractivity contribution in [3.8, 4) is 18.2 Å². The van der Waals surface area contributed by atoms with Crippen molar-refractivity contribution in [2.45, 2.75) is 6.92 Å². The second-order valence-corrected chi connectivity index (χ2v) is 5.18. The molecule has 0 bridgehead atoms. The van der Waals surface area contributed by atoms with E-state index in [2.05, 4.69) is 43.8 Å². The molecule has 0 aromatic heterocycles. The van der Waals surface area contributed by atoms with Crippen LogP contribution in [0.5, 0.6) is 0 Å². The molecule has 0 spiro atoms. The van der Waals surface area contributed by atoms with E-state index < -0.39 is 0 Å². The van der Waals surface area contributed by atoms with Gasteiger partial charge in [0, 0.05) is 8.04 Å². The third kappa shape index (κ3) is 3.01. The molecule has 0 heterocycles.